The van der Waals surface area contributed by atoms with Gasteiger partial charge in [0.1, 0.15) is 0 Å². The van der Waals surface area contributed by atoms with E-state index in [1.54, 1.807) is 11.0 Å². The second kappa shape index (κ2) is 7.72. The topological polar surface area (TPSA) is 58.4 Å². The molecule has 1 saturated heterocycles. The molecule has 7 heteroatoms. The lowest BCUT2D eigenvalue weighted by Gasteiger charge is -2.33. The summed E-state index contributed by atoms with van der Waals surface area (Å²) < 4.78 is 5.16. The lowest BCUT2D eigenvalue weighted by molar-refractivity contribution is 0.197. The molecule has 0 saturated carbocycles. The zero-order valence-electron chi connectivity index (χ0n) is 15.0. The molecule has 0 bridgehead atoms. The van der Waals surface area contributed by atoms with Gasteiger partial charge in [0, 0.05) is 18.7 Å². The molecule has 1 aromatic heterocycles. The number of halogens is 2. The summed E-state index contributed by atoms with van der Waals surface area (Å²) in [5.41, 5.74) is 3.94. The highest BCUT2D eigenvalue weighted by atomic mass is 35.5. The van der Waals surface area contributed by atoms with Gasteiger partial charge in [0.15, 0.2) is 0 Å². The van der Waals surface area contributed by atoms with Gasteiger partial charge in [-0.1, -0.05) is 53.0 Å². The zero-order valence-corrected chi connectivity index (χ0v) is 16.5. The van der Waals surface area contributed by atoms with Crippen LogP contribution in [0.1, 0.15) is 30.2 Å². The van der Waals surface area contributed by atoms with E-state index in [4.69, 9.17) is 27.7 Å². The summed E-state index contributed by atoms with van der Waals surface area (Å²) >= 11 is 12.1. The first kappa shape index (κ1) is 18.8. The van der Waals surface area contributed by atoms with Crippen molar-refractivity contribution in [2.45, 2.75) is 27.2 Å². The van der Waals surface area contributed by atoms with E-state index in [-0.39, 0.29) is 11.9 Å². The van der Waals surface area contributed by atoms with Crippen LogP contribution in [0.3, 0.4) is 0 Å². The molecule has 1 N–H and O–H groups in total. The largest absolute Gasteiger partial charge is 0.338 e. The number of urea groups is 1. The summed E-state index contributed by atoms with van der Waals surface area (Å²) in [7, 11) is 0. The number of rotatable bonds is 2. The normalized spacial score (nSPS) is 19.0. The molecule has 3 rings (SSSR count). The monoisotopic (exact) mass is 393 g/mol. The lowest BCUT2D eigenvalue weighted by atomic mass is 9.91. The van der Waals surface area contributed by atoms with Crippen molar-refractivity contribution in [2.75, 3.05) is 18.4 Å². The molecule has 138 valence electrons. The minimum atomic E-state index is -0.162. The van der Waals surface area contributed by atoms with Gasteiger partial charge in [0.25, 0.3) is 0 Å². The van der Waals surface area contributed by atoms with Crippen LogP contribution in [0.2, 0.25) is 10.0 Å². The molecule has 0 radical (unpaired) electrons. The van der Waals surface area contributed by atoms with Gasteiger partial charge in [-0.3, -0.25) is 5.32 Å². The molecule has 2 heterocycles. The van der Waals surface area contributed by atoms with Crippen molar-refractivity contribution < 1.29 is 9.32 Å². The molecule has 1 atom stereocenters. The Morgan fingerprint density at radius 1 is 1.35 bits per heavy atom. The standard InChI is InChI=1S/C19H21Cl2N3O2/c1-11-10-24(19(25)22-18-12(2)13(3)23-26-18)7-6-15(11)8-14-4-5-16(20)17(21)9-14/h4-5,8-9,11H,6-7,10H2,1-3H3,(H,22,25)/b15-8+. The first-order valence-electron chi connectivity index (χ1n) is 8.49. The molecule has 0 spiro atoms. The van der Waals surface area contributed by atoms with Crippen molar-refractivity contribution in [1.29, 1.82) is 0 Å². The number of nitrogens with zero attached hydrogens (tertiary/aromatic N) is 2. The number of piperidine rings is 1. The number of benzene rings is 1. The van der Waals surface area contributed by atoms with Crippen LogP contribution in [0.25, 0.3) is 6.08 Å². The number of aromatic nitrogens is 1. The van der Waals surface area contributed by atoms with Gasteiger partial charge < -0.3 is 9.42 Å². The second-order valence-corrected chi connectivity index (χ2v) is 7.46. The van der Waals surface area contributed by atoms with Crippen LogP contribution in [-0.2, 0) is 0 Å². The molecule has 26 heavy (non-hydrogen) atoms. The first-order valence-corrected chi connectivity index (χ1v) is 9.25. The van der Waals surface area contributed by atoms with Crippen molar-refractivity contribution in [1.82, 2.24) is 10.1 Å². The van der Waals surface area contributed by atoms with Crippen molar-refractivity contribution >= 4 is 41.2 Å². The summed E-state index contributed by atoms with van der Waals surface area (Å²) in [5.74, 6) is 0.666. The number of hydrogen-bond donors (Lipinski definition) is 1. The van der Waals surface area contributed by atoms with E-state index in [2.05, 4.69) is 23.5 Å². The number of aryl methyl sites for hydroxylation is 1. The van der Waals surface area contributed by atoms with E-state index in [9.17, 15) is 4.79 Å². The van der Waals surface area contributed by atoms with Crippen LogP contribution in [-0.4, -0.2) is 29.2 Å². The molecule has 0 aliphatic carbocycles. The highest BCUT2D eigenvalue weighted by Crippen LogP contribution is 2.28. The molecule has 1 aliphatic rings. The highest BCUT2D eigenvalue weighted by Gasteiger charge is 2.25. The third-order valence-corrected chi connectivity index (χ3v) is 5.50. The highest BCUT2D eigenvalue weighted by molar-refractivity contribution is 6.42. The van der Waals surface area contributed by atoms with E-state index in [1.807, 2.05) is 26.0 Å². The van der Waals surface area contributed by atoms with Gasteiger partial charge in [-0.2, -0.15) is 0 Å². The van der Waals surface area contributed by atoms with Crippen LogP contribution in [0, 0.1) is 19.8 Å². The Balaban J connectivity index is 1.66. The van der Waals surface area contributed by atoms with Crippen molar-refractivity contribution in [2.24, 2.45) is 5.92 Å². The average Bonchev–Trinajstić information content (AvgIpc) is 2.92. The average molecular weight is 394 g/mol. The lowest BCUT2D eigenvalue weighted by Crippen LogP contribution is -2.42. The first-order chi connectivity index (χ1) is 12.3. The van der Waals surface area contributed by atoms with Crippen LogP contribution >= 0.6 is 23.2 Å². The minimum Gasteiger partial charge on any atom is -0.338 e. The Labute approximate surface area is 162 Å². The van der Waals surface area contributed by atoms with E-state index in [0.29, 0.717) is 29.0 Å². The molecular formula is C19H21Cl2N3O2. The van der Waals surface area contributed by atoms with Crippen LogP contribution < -0.4 is 5.32 Å². The third kappa shape index (κ3) is 4.05. The number of carbonyl (C=O) groups is 1. The molecule has 2 amide bonds. The van der Waals surface area contributed by atoms with Crippen LogP contribution in [0.15, 0.2) is 28.3 Å². The van der Waals surface area contributed by atoms with Crippen molar-refractivity contribution in [3.63, 3.8) is 0 Å². The van der Waals surface area contributed by atoms with E-state index < -0.39 is 0 Å². The number of amides is 2. The smallest absolute Gasteiger partial charge is 0.324 e. The number of nitrogens with one attached hydrogen (secondary N) is 1. The Morgan fingerprint density at radius 2 is 2.12 bits per heavy atom. The summed E-state index contributed by atoms with van der Waals surface area (Å²) in [6.07, 6.45) is 2.94. The number of carbonyl (C=O) groups excluding carboxylic acids is 1. The Kier molecular flexibility index (Phi) is 5.58. The number of anilines is 1. The molecule has 5 nitrogen and oxygen atoms in total. The van der Waals surface area contributed by atoms with Crippen molar-refractivity contribution in [3.8, 4) is 0 Å². The van der Waals surface area contributed by atoms with Gasteiger partial charge >= 0.3 is 6.03 Å². The maximum Gasteiger partial charge on any atom is 0.324 e. The minimum absolute atomic E-state index is 0.162. The Hall–Kier alpha value is -1.98. The molecule has 1 fully saturated rings. The summed E-state index contributed by atoms with van der Waals surface area (Å²) in [4.78, 5) is 14.3. The zero-order chi connectivity index (χ0) is 18.8. The summed E-state index contributed by atoms with van der Waals surface area (Å²) in [6, 6.07) is 5.44. The second-order valence-electron chi connectivity index (χ2n) is 6.64. The number of likely N-dealkylation sites (tertiary alicyclic amines) is 1. The fourth-order valence-corrected chi connectivity index (χ4v) is 3.28. The molecule has 2 aromatic rings. The molecule has 1 aromatic carbocycles. The number of hydrogen-bond acceptors (Lipinski definition) is 3. The maximum absolute atomic E-state index is 12.5. The Bertz CT molecular complexity index is 860. The molecule has 1 unspecified atom stereocenters. The van der Waals surface area contributed by atoms with Gasteiger partial charge in [0.05, 0.1) is 15.7 Å². The third-order valence-electron chi connectivity index (χ3n) is 4.76. The summed E-state index contributed by atoms with van der Waals surface area (Å²) in [5, 5.41) is 7.76. The van der Waals surface area contributed by atoms with Crippen LogP contribution in [0.5, 0.6) is 0 Å². The Morgan fingerprint density at radius 3 is 2.73 bits per heavy atom. The van der Waals surface area contributed by atoms with E-state index in [1.165, 1.54) is 5.57 Å². The molecular weight excluding hydrogens is 373 g/mol. The van der Waals surface area contributed by atoms with E-state index in [0.717, 1.165) is 23.2 Å². The van der Waals surface area contributed by atoms with Gasteiger partial charge in [0.2, 0.25) is 5.88 Å². The predicted molar refractivity (Wildman–Crippen MR) is 105 cm³/mol. The van der Waals surface area contributed by atoms with E-state index >= 15 is 0 Å². The van der Waals surface area contributed by atoms with Gasteiger partial charge in [-0.05, 0) is 43.9 Å². The SMILES string of the molecule is Cc1noc(NC(=O)N2CC/C(=C\c3ccc(Cl)c(Cl)c3)C(C)C2)c1C. The van der Waals surface area contributed by atoms with Crippen molar-refractivity contribution in [3.05, 3.63) is 50.6 Å². The van der Waals surface area contributed by atoms with Gasteiger partial charge in [-0.25, -0.2) is 4.79 Å². The summed E-state index contributed by atoms with van der Waals surface area (Å²) in [6.45, 7) is 7.13. The van der Waals surface area contributed by atoms with Gasteiger partial charge in [-0.15, -0.1) is 0 Å². The van der Waals surface area contributed by atoms with Crippen LogP contribution in [0.4, 0.5) is 10.7 Å². The quantitative estimate of drug-likeness (QED) is 0.726. The fraction of sp³-hybridized carbons (Fsp3) is 0.368. The fourth-order valence-electron chi connectivity index (χ4n) is 2.97. The predicted octanol–water partition coefficient (Wildman–Crippen LogP) is 5.56. The maximum atomic E-state index is 12.5. The molecule has 1 aliphatic heterocycles.